The first kappa shape index (κ1) is 56.8. The molecule has 1 aliphatic heterocycles. The largest absolute Gasteiger partial charge is 0.481 e. The van der Waals surface area contributed by atoms with Crippen molar-refractivity contribution in [1.29, 1.82) is 0 Å². The number of ether oxygens (including phenoxy) is 1. The van der Waals surface area contributed by atoms with Crippen molar-refractivity contribution in [3.05, 3.63) is 180 Å². The van der Waals surface area contributed by atoms with Gasteiger partial charge in [-0.05, 0) is 108 Å². The molecular weight excluding hydrogens is 937 g/mol. The van der Waals surface area contributed by atoms with Gasteiger partial charge < -0.3 is 15.2 Å². The lowest BCUT2D eigenvalue weighted by molar-refractivity contribution is -0.150. The monoisotopic (exact) mass is 1010 g/mol. The molecule has 6 aromatic rings. The smallest absolute Gasteiger partial charge is 0.308 e. The molecule has 1 aliphatic carbocycles. The Balaban J connectivity index is 0.000000186. The minimum Gasteiger partial charge on any atom is -0.481 e. The number of carboxylic acid groups (broad SMARTS) is 1. The zero-order valence-corrected chi connectivity index (χ0v) is 44.3. The first-order valence-corrected chi connectivity index (χ1v) is 26.7. The quantitative estimate of drug-likeness (QED) is 0.0567. The van der Waals surface area contributed by atoms with Crippen molar-refractivity contribution in [2.75, 3.05) is 6.61 Å². The van der Waals surface area contributed by atoms with Gasteiger partial charge in [0.15, 0.2) is 0 Å². The summed E-state index contributed by atoms with van der Waals surface area (Å²) < 4.78 is 5.11. The first-order valence-electron chi connectivity index (χ1n) is 26.7. The van der Waals surface area contributed by atoms with Gasteiger partial charge in [-0.3, -0.25) is 33.7 Å². The van der Waals surface area contributed by atoms with E-state index in [1.807, 2.05) is 85.8 Å². The van der Waals surface area contributed by atoms with Gasteiger partial charge in [0.25, 0.3) is 0 Å². The van der Waals surface area contributed by atoms with E-state index in [-0.39, 0.29) is 60.5 Å². The number of carbonyl (C=O) groups is 6. The lowest BCUT2D eigenvalue weighted by Crippen LogP contribution is -2.42. The molecule has 0 aromatic heterocycles. The average molecular weight is 1010 g/mol. The SMILES string of the molecule is CCCC(=O)NC(Cc1ccc(-c2ccccc2)cc1)C[C@@H](C)C(=O)O.CCOC(=O)[C@H](C)CC(Cc1ccc(-c2ccccc2)cc1)N1C(=O)CCC1=O.C[C@@H]1CC(Cc2ccc(-c3ccccc3)cc2)CC1=O. The van der Waals surface area contributed by atoms with Crippen LogP contribution in [0.2, 0.25) is 0 Å². The normalized spacial score (nSPS) is 16.6. The summed E-state index contributed by atoms with van der Waals surface area (Å²) in [6, 6.07) is 55.3. The summed E-state index contributed by atoms with van der Waals surface area (Å²) in [7, 11) is 0. The van der Waals surface area contributed by atoms with Gasteiger partial charge in [-0.25, -0.2) is 0 Å². The lowest BCUT2D eigenvalue weighted by Gasteiger charge is -2.28. The molecule has 0 bridgehead atoms. The third-order valence-electron chi connectivity index (χ3n) is 14.1. The van der Waals surface area contributed by atoms with Gasteiger partial charge in [0.2, 0.25) is 17.7 Å². The fourth-order valence-corrected chi connectivity index (χ4v) is 9.96. The average Bonchev–Trinajstić information content (AvgIpc) is 3.93. The number of carbonyl (C=O) groups excluding carboxylic acids is 5. The van der Waals surface area contributed by atoms with Crippen LogP contribution in [0.4, 0.5) is 0 Å². The van der Waals surface area contributed by atoms with Crippen molar-refractivity contribution in [3.63, 3.8) is 0 Å². The molecule has 2 fully saturated rings. The molecule has 10 heteroatoms. The third-order valence-corrected chi connectivity index (χ3v) is 14.1. The van der Waals surface area contributed by atoms with E-state index in [1.165, 1.54) is 21.6 Å². The number of amides is 3. The molecule has 6 aromatic carbocycles. The molecule has 1 saturated heterocycles. The zero-order chi connectivity index (χ0) is 53.7. The minimum absolute atomic E-state index is 0.0176. The Kier molecular flexibility index (Phi) is 21.9. The van der Waals surface area contributed by atoms with Crippen LogP contribution in [-0.2, 0) is 52.8 Å². The van der Waals surface area contributed by atoms with Gasteiger partial charge in [-0.15, -0.1) is 0 Å². The summed E-state index contributed by atoms with van der Waals surface area (Å²) in [4.78, 5) is 72.9. The van der Waals surface area contributed by atoms with Crippen LogP contribution in [-0.4, -0.2) is 64.1 Å². The number of benzene rings is 6. The van der Waals surface area contributed by atoms with E-state index in [9.17, 15) is 33.9 Å². The first-order chi connectivity index (χ1) is 36.2. The molecule has 3 unspecified atom stereocenters. The van der Waals surface area contributed by atoms with Gasteiger partial charge in [-0.1, -0.05) is 191 Å². The summed E-state index contributed by atoms with van der Waals surface area (Å²) >= 11 is 0. The van der Waals surface area contributed by atoms with Crippen LogP contribution >= 0.6 is 0 Å². The highest BCUT2D eigenvalue weighted by Crippen LogP contribution is 2.31. The van der Waals surface area contributed by atoms with Crippen molar-refractivity contribution < 1.29 is 38.6 Å². The molecule has 75 heavy (non-hydrogen) atoms. The van der Waals surface area contributed by atoms with E-state index in [0.29, 0.717) is 50.4 Å². The number of nitrogens with one attached hydrogen (secondary N) is 1. The fraction of sp³-hybridized carbons (Fsp3) is 0.354. The molecule has 392 valence electrons. The second-order valence-corrected chi connectivity index (χ2v) is 20.2. The van der Waals surface area contributed by atoms with E-state index >= 15 is 0 Å². The molecule has 10 nitrogen and oxygen atoms in total. The van der Waals surface area contributed by atoms with E-state index in [4.69, 9.17) is 4.74 Å². The second kappa shape index (κ2) is 28.8. The fourth-order valence-electron chi connectivity index (χ4n) is 9.96. The highest BCUT2D eigenvalue weighted by atomic mass is 16.5. The maximum absolute atomic E-state index is 12.3. The van der Waals surface area contributed by atoms with Gasteiger partial charge >= 0.3 is 11.9 Å². The molecular formula is C65H74N2O8. The number of aliphatic carboxylic acids is 1. The number of hydrogen-bond donors (Lipinski definition) is 2. The Morgan fingerprint density at radius 1 is 0.600 bits per heavy atom. The maximum atomic E-state index is 12.3. The highest BCUT2D eigenvalue weighted by molar-refractivity contribution is 6.02. The number of esters is 1. The Morgan fingerprint density at radius 3 is 1.45 bits per heavy atom. The molecule has 3 amide bonds. The summed E-state index contributed by atoms with van der Waals surface area (Å²) in [5.41, 5.74) is 10.5. The number of ketones is 1. The van der Waals surface area contributed by atoms with Gasteiger partial charge in [0.05, 0.1) is 18.4 Å². The molecule has 1 heterocycles. The van der Waals surface area contributed by atoms with Crippen LogP contribution in [0.25, 0.3) is 33.4 Å². The van der Waals surface area contributed by atoms with Gasteiger partial charge in [0.1, 0.15) is 5.78 Å². The van der Waals surface area contributed by atoms with Crippen molar-refractivity contribution in [1.82, 2.24) is 10.2 Å². The summed E-state index contributed by atoms with van der Waals surface area (Å²) in [6.45, 7) is 9.56. The molecule has 2 aliphatic rings. The van der Waals surface area contributed by atoms with Crippen molar-refractivity contribution >= 4 is 35.4 Å². The second-order valence-electron chi connectivity index (χ2n) is 20.2. The number of likely N-dealkylation sites (tertiary alicyclic amines) is 1. The van der Waals surface area contributed by atoms with Crippen molar-refractivity contribution in [2.45, 2.75) is 117 Å². The van der Waals surface area contributed by atoms with Crippen molar-refractivity contribution in [2.24, 2.45) is 23.7 Å². The summed E-state index contributed by atoms with van der Waals surface area (Å²) in [5.74, 6) is -1.09. The predicted molar refractivity (Wildman–Crippen MR) is 297 cm³/mol. The van der Waals surface area contributed by atoms with Crippen molar-refractivity contribution in [3.8, 4) is 33.4 Å². The number of imide groups is 1. The number of hydrogen-bond acceptors (Lipinski definition) is 7. The standard InChI is InChI=1S/C24H27NO4.C22H27NO3.C19H20O/c1-3-29-24(28)17(2)15-21(25-22(26)13-14-23(25)27)16-18-9-11-20(12-10-18)19-7-5-4-6-8-19;1-3-7-21(24)23-20(14-16(2)22(25)26)15-17-10-12-19(13-11-17)18-8-5-4-6-9-18;1-14-11-16(13-19(14)20)12-15-7-9-18(10-8-15)17-5-3-2-4-6-17/h4-12,17,21H,3,13-16H2,1-2H3;4-6,8-13,16,20H,3,7,14-15H2,1-2H3,(H,23,24)(H,25,26);2-10,14,16H,11-13H2,1H3/t17-,21?;16-,20?;14-,16?/m111/s1. The van der Waals surface area contributed by atoms with E-state index in [0.717, 1.165) is 59.1 Å². The third kappa shape index (κ3) is 17.6. The predicted octanol–water partition coefficient (Wildman–Crippen LogP) is 12.8. The number of nitrogens with zero attached hydrogens (tertiary/aromatic N) is 1. The number of carboxylic acids is 1. The van der Waals surface area contributed by atoms with Gasteiger partial charge in [0, 0.05) is 43.7 Å². The molecule has 1 saturated carbocycles. The number of Topliss-reactive ketones (excluding diaryl/α,β-unsaturated/α-hetero) is 1. The van der Waals surface area contributed by atoms with Crippen LogP contribution < -0.4 is 5.32 Å². The Labute approximate surface area is 443 Å². The van der Waals surface area contributed by atoms with E-state index in [1.54, 1.807) is 20.8 Å². The molecule has 8 rings (SSSR count). The Bertz CT molecular complexity index is 2750. The summed E-state index contributed by atoms with van der Waals surface area (Å²) in [6.07, 6.45) is 6.56. The van der Waals surface area contributed by atoms with E-state index in [2.05, 4.69) is 97.2 Å². The van der Waals surface area contributed by atoms with Crippen LogP contribution in [0.5, 0.6) is 0 Å². The summed E-state index contributed by atoms with van der Waals surface area (Å²) in [5, 5.41) is 12.2. The van der Waals surface area contributed by atoms with Crippen LogP contribution in [0, 0.1) is 23.7 Å². The Morgan fingerprint density at radius 2 is 1.04 bits per heavy atom. The lowest BCUT2D eigenvalue weighted by atomic mass is 9.94. The maximum Gasteiger partial charge on any atom is 0.308 e. The number of rotatable bonds is 20. The minimum atomic E-state index is -0.834. The zero-order valence-electron chi connectivity index (χ0n) is 44.3. The van der Waals surface area contributed by atoms with Gasteiger partial charge in [-0.2, -0.15) is 0 Å². The Hall–Kier alpha value is -7.46. The topological polar surface area (TPSA) is 147 Å². The van der Waals surface area contributed by atoms with Crippen LogP contribution in [0.1, 0.15) is 103 Å². The highest BCUT2D eigenvalue weighted by Gasteiger charge is 2.37. The molecule has 6 atom stereocenters. The van der Waals surface area contributed by atoms with Crippen LogP contribution in [0.15, 0.2) is 164 Å². The molecule has 0 spiro atoms. The molecule has 2 N–H and O–H groups in total. The van der Waals surface area contributed by atoms with E-state index < -0.39 is 11.9 Å². The van der Waals surface area contributed by atoms with Crippen LogP contribution in [0.3, 0.4) is 0 Å². The molecule has 0 radical (unpaired) electrons.